The number of carbonyl (C=O) groups is 4. The number of imidazole rings is 2. The SMILES string of the molecule is C[C@H](Nn1ccnc1)C(=O)C(=O)c1ccc2ccc3ccc(C(=O)C(=O)[C@H](C)Nn4ccnc4)nc3c2n1. The quantitative estimate of drug-likeness (QED) is 0.162. The average Bonchev–Trinajstić information content (AvgIpc) is 3.65. The first-order chi connectivity index (χ1) is 18.3. The van der Waals surface area contributed by atoms with Crippen LogP contribution in [-0.2, 0) is 9.59 Å². The lowest BCUT2D eigenvalue weighted by Gasteiger charge is -2.14. The average molecular weight is 511 g/mol. The first-order valence-electron chi connectivity index (χ1n) is 11.7. The number of pyridine rings is 2. The van der Waals surface area contributed by atoms with Gasteiger partial charge in [-0.05, 0) is 26.0 Å². The van der Waals surface area contributed by atoms with Gasteiger partial charge < -0.3 is 10.9 Å². The van der Waals surface area contributed by atoms with Gasteiger partial charge in [-0.1, -0.05) is 24.3 Å². The number of hydrogen-bond acceptors (Lipinski definition) is 10. The molecule has 0 aliphatic rings. The zero-order valence-corrected chi connectivity index (χ0v) is 20.4. The highest BCUT2D eigenvalue weighted by molar-refractivity contribution is 6.45. The van der Waals surface area contributed by atoms with E-state index < -0.39 is 35.2 Å². The predicted octanol–water partition coefficient (Wildman–Crippen LogP) is 1.94. The fraction of sp³-hybridized carbons (Fsp3) is 0.154. The summed E-state index contributed by atoms with van der Waals surface area (Å²) in [6.45, 7) is 3.13. The molecule has 0 aliphatic heterocycles. The van der Waals surface area contributed by atoms with Gasteiger partial charge in [-0.25, -0.2) is 19.9 Å². The molecule has 0 saturated heterocycles. The maximum Gasteiger partial charge on any atom is 0.249 e. The Balaban J connectivity index is 1.44. The van der Waals surface area contributed by atoms with Gasteiger partial charge in [0.2, 0.25) is 23.1 Å². The summed E-state index contributed by atoms with van der Waals surface area (Å²) in [6.07, 6.45) is 9.24. The molecule has 0 spiro atoms. The van der Waals surface area contributed by atoms with Crippen molar-refractivity contribution in [2.24, 2.45) is 0 Å². The van der Waals surface area contributed by atoms with Gasteiger partial charge in [0.25, 0.3) is 0 Å². The number of nitrogens with zero attached hydrogens (tertiary/aromatic N) is 6. The van der Waals surface area contributed by atoms with Crippen LogP contribution in [0.15, 0.2) is 73.8 Å². The Labute approximate surface area is 215 Å². The van der Waals surface area contributed by atoms with Gasteiger partial charge >= 0.3 is 0 Å². The number of carbonyl (C=O) groups excluding carboxylic acids is 4. The van der Waals surface area contributed by atoms with E-state index in [1.165, 1.54) is 34.1 Å². The Bertz CT molecular complexity index is 1550. The first-order valence-corrected chi connectivity index (χ1v) is 11.7. The van der Waals surface area contributed by atoms with E-state index in [1.807, 2.05) is 0 Å². The van der Waals surface area contributed by atoms with Gasteiger partial charge in [0.05, 0.1) is 11.0 Å². The molecule has 190 valence electrons. The molecule has 12 heteroatoms. The van der Waals surface area contributed by atoms with E-state index in [2.05, 4.69) is 30.8 Å². The molecule has 4 heterocycles. The van der Waals surface area contributed by atoms with Crippen LogP contribution in [0.4, 0.5) is 0 Å². The third-order valence-electron chi connectivity index (χ3n) is 5.91. The molecule has 2 atom stereocenters. The maximum atomic E-state index is 13.0. The summed E-state index contributed by atoms with van der Waals surface area (Å²) in [5.41, 5.74) is 6.28. The standard InChI is InChI=1S/C26H22N8O4/c1-15(31-33-11-9-27-13-33)23(35)25(37)19-7-5-17-3-4-18-6-8-20(30-22(18)21(17)29-19)26(38)24(36)16(2)32-34-12-10-28-14-34/h3-16,31-32H,1-2H3/t15-,16-/m0/s1. The van der Waals surface area contributed by atoms with Crippen LogP contribution in [0.1, 0.15) is 34.8 Å². The molecule has 38 heavy (non-hydrogen) atoms. The second kappa shape index (κ2) is 10.0. The Kier molecular flexibility index (Phi) is 6.44. The van der Waals surface area contributed by atoms with Gasteiger partial charge in [-0.3, -0.25) is 28.5 Å². The summed E-state index contributed by atoms with van der Waals surface area (Å²) < 4.78 is 2.96. The van der Waals surface area contributed by atoms with E-state index in [-0.39, 0.29) is 11.4 Å². The Morgan fingerprint density at radius 1 is 0.658 bits per heavy atom. The molecule has 5 aromatic rings. The van der Waals surface area contributed by atoms with Crippen LogP contribution in [0.5, 0.6) is 0 Å². The second-order valence-electron chi connectivity index (χ2n) is 8.63. The molecule has 4 aromatic heterocycles. The number of rotatable bonds is 10. The molecule has 5 rings (SSSR count). The zero-order chi connectivity index (χ0) is 26.8. The summed E-state index contributed by atoms with van der Waals surface area (Å²) in [6, 6.07) is 8.22. The smallest absolute Gasteiger partial charge is 0.249 e. The van der Waals surface area contributed by atoms with Crippen molar-refractivity contribution in [3.63, 3.8) is 0 Å². The normalized spacial score (nSPS) is 12.7. The summed E-state index contributed by atoms with van der Waals surface area (Å²) in [7, 11) is 0. The molecule has 0 fully saturated rings. The highest BCUT2D eigenvalue weighted by atomic mass is 16.2. The summed E-state index contributed by atoms with van der Waals surface area (Å²) >= 11 is 0. The van der Waals surface area contributed by atoms with Crippen LogP contribution in [0.2, 0.25) is 0 Å². The van der Waals surface area contributed by atoms with Crippen LogP contribution < -0.4 is 10.9 Å². The van der Waals surface area contributed by atoms with Crippen molar-refractivity contribution < 1.29 is 19.2 Å². The van der Waals surface area contributed by atoms with E-state index >= 15 is 0 Å². The monoisotopic (exact) mass is 510 g/mol. The molecule has 0 amide bonds. The number of nitrogens with one attached hydrogen (secondary N) is 2. The highest BCUT2D eigenvalue weighted by Gasteiger charge is 2.26. The number of fused-ring (bicyclic) bond motifs is 3. The molecule has 1 aromatic carbocycles. The minimum atomic E-state index is -0.826. The topological polar surface area (TPSA) is 154 Å². The van der Waals surface area contributed by atoms with E-state index in [0.717, 1.165) is 0 Å². The van der Waals surface area contributed by atoms with Gasteiger partial charge in [0, 0.05) is 35.6 Å². The highest BCUT2D eigenvalue weighted by Crippen LogP contribution is 2.24. The van der Waals surface area contributed by atoms with Gasteiger partial charge in [0.15, 0.2) is 0 Å². The molecular weight excluding hydrogens is 488 g/mol. The van der Waals surface area contributed by atoms with Crippen LogP contribution in [0.3, 0.4) is 0 Å². The van der Waals surface area contributed by atoms with Gasteiger partial charge in [-0.15, -0.1) is 0 Å². The van der Waals surface area contributed by atoms with Crippen LogP contribution >= 0.6 is 0 Å². The third-order valence-corrected chi connectivity index (χ3v) is 5.91. The predicted molar refractivity (Wildman–Crippen MR) is 138 cm³/mol. The summed E-state index contributed by atoms with van der Waals surface area (Å²) in [5.74, 6) is -2.91. The van der Waals surface area contributed by atoms with E-state index in [1.54, 1.807) is 62.9 Å². The van der Waals surface area contributed by atoms with Gasteiger partial charge in [0.1, 0.15) is 36.1 Å². The zero-order valence-electron chi connectivity index (χ0n) is 20.4. The molecule has 12 nitrogen and oxygen atoms in total. The van der Waals surface area contributed by atoms with Crippen LogP contribution in [0.25, 0.3) is 21.8 Å². The van der Waals surface area contributed by atoms with Crippen molar-refractivity contribution in [1.82, 2.24) is 29.3 Å². The molecule has 0 aliphatic carbocycles. The number of aromatic nitrogens is 6. The van der Waals surface area contributed by atoms with Crippen LogP contribution in [0, 0.1) is 0 Å². The van der Waals surface area contributed by atoms with Crippen molar-refractivity contribution >= 4 is 44.9 Å². The Hall–Kier alpha value is -5.26. The molecule has 0 saturated carbocycles. The molecule has 0 radical (unpaired) electrons. The largest absolute Gasteiger partial charge is 0.314 e. The number of ketones is 4. The molecular formula is C26H22N8O4. The molecule has 2 N–H and O–H groups in total. The number of hydrogen-bond donors (Lipinski definition) is 2. The summed E-state index contributed by atoms with van der Waals surface area (Å²) in [5, 5.41) is 1.31. The third kappa shape index (κ3) is 4.74. The van der Waals surface area contributed by atoms with E-state index in [9.17, 15) is 19.2 Å². The maximum absolute atomic E-state index is 13.0. The Morgan fingerprint density at radius 2 is 1.05 bits per heavy atom. The van der Waals surface area contributed by atoms with Crippen molar-refractivity contribution in [2.75, 3.05) is 10.9 Å². The van der Waals surface area contributed by atoms with Crippen molar-refractivity contribution in [2.45, 2.75) is 25.9 Å². The fourth-order valence-corrected chi connectivity index (χ4v) is 3.90. The molecule has 0 unspecified atom stereocenters. The van der Waals surface area contributed by atoms with E-state index in [0.29, 0.717) is 21.8 Å². The summed E-state index contributed by atoms with van der Waals surface area (Å²) in [4.78, 5) is 68.1. The lowest BCUT2D eigenvalue weighted by Crippen LogP contribution is -2.37. The van der Waals surface area contributed by atoms with Crippen molar-refractivity contribution in [1.29, 1.82) is 0 Å². The van der Waals surface area contributed by atoms with Gasteiger partial charge in [-0.2, -0.15) is 0 Å². The minimum absolute atomic E-state index is 0.0537. The minimum Gasteiger partial charge on any atom is -0.314 e. The number of benzene rings is 1. The Morgan fingerprint density at radius 3 is 1.42 bits per heavy atom. The van der Waals surface area contributed by atoms with E-state index in [4.69, 9.17) is 0 Å². The molecule has 0 bridgehead atoms. The first kappa shape index (κ1) is 24.4. The van der Waals surface area contributed by atoms with Crippen molar-refractivity contribution in [3.05, 3.63) is 85.2 Å². The lowest BCUT2D eigenvalue weighted by atomic mass is 10.0. The lowest BCUT2D eigenvalue weighted by molar-refractivity contribution is -0.116. The second-order valence-corrected chi connectivity index (χ2v) is 8.63. The number of Topliss-reactive ketones (excluding diaryl/α,β-unsaturated/α-hetero) is 4. The fourth-order valence-electron chi connectivity index (χ4n) is 3.90. The van der Waals surface area contributed by atoms with Crippen molar-refractivity contribution in [3.8, 4) is 0 Å². The van der Waals surface area contributed by atoms with Crippen LogP contribution in [-0.4, -0.2) is 64.5 Å².